The zero-order valence-corrected chi connectivity index (χ0v) is 6.00. The number of aromatic amines is 1. The number of anilines is 2. The van der Waals surface area contributed by atoms with Crippen LogP contribution in [0.15, 0.2) is 9.59 Å². The highest BCUT2D eigenvalue weighted by Gasteiger charge is 2.05. The highest BCUT2D eigenvalue weighted by Crippen LogP contribution is 1.97. The second-order valence-corrected chi connectivity index (χ2v) is 2.03. The summed E-state index contributed by atoms with van der Waals surface area (Å²) in [5.41, 5.74) is 8.58. The fourth-order valence-corrected chi connectivity index (χ4v) is 0.684. The SMILES string of the molecule is C#Cn1c(=O)[nH]c(N)c(N)c1=O. The molecule has 0 saturated heterocycles. The zero-order valence-electron chi connectivity index (χ0n) is 6.00. The van der Waals surface area contributed by atoms with Crippen LogP contribution in [0.3, 0.4) is 0 Å². The molecule has 1 rings (SSSR count). The number of terminal acetylenes is 1. The first-order valence-corrected chi connectivity index (χ1v) is 2.95. The highest BCUT2D eigenvalue weighted by molar-refractivity contribution is 5.55. The number of H-pyrrole nitrogens is 1. The van der Waals surface area contributed by atoms with Crippen LogP contribution in [0.1, 0.15) is 0 Å². The van der Waals surface area contributed by atoms with Crippen molar-refractivity contribution in [3.05, 3.63) is 20.8 Å². The van der Waals surface area contributed by atoms with Gasteiger partial charge < -0.3 is 11.5 Å². The Morgan fingerprint density at radius 2 is 2.00 bits per heavy atom. The second-order valence-electron chi connectivity index (χ2n) is 2.03. The largest absolute Gasteiger partial charge is 0.391 e. The molecule has 0 aliphatic heterocycles. The summed E-state index contributed by atoms with van der Waals surface area (Å²) in [4.78, 5) is 24.0. The molecule has 6 heteroatoms. The number of nitrogens with two attached hydrogens (primary N) is 2. The van der Waals surface area contributed by atoms with Crippen LogP contribution in [-0.2, 0) is 0 Å². The van der Waals surface area contributed by atoms with Crippen molar-refractivity contribution in [1.82, 2.24) is 9.55 Å². The van der Waals surface area contributed by atoms with Crippen molar-refractivity contribution in [1.29, 1.82) is 0 Å². The lowest BCUT2D eigenvalue weighted by molar-refractivity contribution is 0.917. The van der Waals surface area contributed by atoms with Crippen LogP contribution in [-0.4, -0.2) is 9.55 Å². The topological polar surface area (TPSA) is 107 Å². The number of nitrogens with zero attached hydrogens (tertiary/aromatic N) is 1. The molecular formula is C6H6N4O2. The van der Waals surface area contributed by atoms with Crippen molar-refractivity contribution >= 4 is 11.5 Å². The van der Waals surface area contributed by atoms with Gasteiger partial charge in [0.05, 0.1) is 0 Å². The van der Waals surface area contributed by atoms with Crippen molar-refractivity contribution < 1.29 is 0 Å². The van der Waals surface area contributed by atoms with Gasteiger partial charge in [0.25, 0.3) is 5.56 Å². The van der Waals surface area contributed by atoms with Crippen molar-refractivity contribution in [2.24, 2.45) is 0 Å². The van der Waals surface area contributed by atoms with Gasteiger partial charge in [-0.25, -0.2) is 4.79 Å². The maximum absolute atomic E-state index is 11.0. The van der Waals surface area contributed by atoms with Gasteiger partial charge in [0, 0.05) is 6.04 Å². The molecule has 0 aromatic carbocycles. The third-order valence-corrected chi connectivity index (χ3v) is 1.30. The van der Waals surface area contributed by atoms with Gasteiger partial charge in [-0.05, 0) is 0 Å². The van der Waals surface area contributed by atoms with E-state index in [0.717, 1.165) is 0 Å². The van der Waals surface area contributed by atoms with E-state index in [2.05, 4.69) is 4.98 Å². The first kappa shape index (κ1) is 7.94. The molecule has 0 bridgehead atoms. The summed E-state index contributed by atoms with van der Waals surface area (Å²) in [5.74, 6) is -0.170. The van der Waals surface area contributed by atoms with E-state index in [1.807, 2.05) is 6.04 Å². The van der Waals surface area contributed by atoms with E-state index in [4.69, 9.17) is 17.9 Å². The van der Waals surface area contributed by atoms with Gasteiger partial charge in [-0.1, -0.05) is 6.42 Å². The normalized spacial score (nSPS) is 9.25. The zero-order chi connectivity index (χ0) is 9.30. The molecular weight excluding hydrogens is 160 g/mol. The molecule has 0 amide bonds. The molecule has 0 unspecified atom stereocenters. The Morgan fingerprint density at radius 1 is 1.42 bits per heavy atom. The summed E-state index contributed by atoms with van der Waals surface area (Å²) in [7, 11) is 0. The third kappa shape index (κ3) is 0.932. The predicted octanol–water partition coefficient (Wildman–Crippen LogP) is -1.86. The second kappa shape index (κ2) is 2.47. The number of nitrogens with one attached hydrogen (secondary N) is 1. The first-order chi connectivity index (χ1) is 5.57. The van der Waals surface area contributed by atoms with E-state index in [9.17, 15) is 9.59 Å². The third-order valence-electron chi connectivity index (χ3n) is 1.30. The molecule has 0 aliphatic carbocycles. The van der Waals surface area contributed by atoms with Crippen LogP contribution in [0, 0.1) is 12.5 Å². The average molecular weight is 166 g/mol. The van der Waals surface area contributed by atoms with E-state index in [1.54, 1.807) is 0 Å². The molecule has 0 radical (unpaired) electrons. The Balaban J connectivity index is 3.79. The van der Waals surface area contributed by atoms with Crippen LogP contribution in [0.5, 0.6) is 0 Å². The average Bonchev–Trinajstić information content (AvgIpc) is 2.01. The van der Waals surface area contributed by atoms with Crippen LogP contribution >= 0.6 is 0 Å². The van der Waals surface area contributed by atoms with E-state index in [-0.39, 0.29) is 11.5 Å². The molecule has 1 heterocycles. The van der Waals surface area contributed by atoms with Crippen LogP contribution in [0.4, 0.5) is 11.5 Å². The van der Waals surface area contributed by atoms with Crippen molar-refractivity contribution in [2.75, 3.05) is 11.5 Å². The summed E-state index contributed by atoms with van der Waals surface area (Å²) in [6.07, 6.45) is 4.87. The Hall–Kier alpha value is -2.16. The molecule has 0 aliphatic rings. The van der Waals surface area contributed by atoms with Crippen LogP contribution in [0.2, 0.25) is 0 Å². The Morgan fingerprint density at radius 3 is 2.50 bits per heavy atom. The lowest BCUT2D eigenvalue weighted by Gasteiger charge is -1.99. The molecule has 12 heavy (non-hydrogen) atoms. The van der Waals surface area contributed by atoms with E-state index >= 15 is 0 Å². The van der Waals surface area contributed by atoms with E-state index in [1.165, 1.54) is 0 Å². The Labute approximate surface area is 66.8 Å². The summed E-state index contributed by atoms with van der Waals surface area (Å²) < 4.78 is 0.506. The molecule has 5 N–H and O–H groups in total. The summed E-state index contributed by atoms with van der Waals surface area (Å²) in [5, 5.41) is 0. The molecule has 62 valence electrons. The van der Waals surface area contributed by atoms with Crippen LogP contribution < -0.4 is 22.7 Å². The quantitative estimate of drug-likeness (QED) is 0.393. The van der Waals surface area contributed by atoms with Gasteiger partial charge >= 0.3 is 5.69 Å². The maximum Gasteiger partial charge on any atom is 0.342 e. The minimum Gasteiger partial charge on any atom is -0.391 e. The number of aromatic nitrogens is 2. The van der Waals surface area contributed by atoms with Gasteiger partial charge in [-0.3, -0.25) is 9.78 Å². The molecule has 1 aromatic rings. The summed E-state index contributed by atoms with van der Waals surface area (Å²) in [6.45, 7) is 0. The van der Waals surface area contributed by atoms with Crippen LogP contribution in [0.25, 0.3) is 0 Å². The monoisotopic (exact) mass is 166 g/mol. The maximum atomic E-state index is 11.0. The standard InChI is InChI=1S/C6H6N4O2/c1-2-10-5(11)3(7)4(8)9-6(10)12/h1H,7-8H2,(H,9,12). The molecule has 6 nitrogen and oxygen atoms in total. The minimum absolute atomic E-state index is 0.170. The van der Waals surface area contributed by atoms with Crippen molar-refractivity contribution in [2.45, 2.75) is 0 Å². The summed E-state index contributed by atoms with van der Waals surface area (Å²) >= 11 is 0. The van der Waals surface area contributed by atoms with E-state index in [0.29, 0.717) is 4.57 Å². The molecule has 0 fully saturated rings. The molecule has 0 spiro atoms. The minimum atomic E-state index is -0.779. The predicted molar refractivity (Wildman–Crippen MR) is 44.4 cm³/mol. The lowest BCUT2D eigenvalue weighted by atomic mass is 10.5. The van der Waals surface area contributed by atoms with Gasteiger partial charge in [0.1, 0.15) is 11.5 Å². The number of hydrogen-bond acceptors (Lipinski definition) is 4. The lowest BCUT2D eigenvalue weighted by Crippen LogP contribution is -2.35. The molecule has 0 saturated carbocycles. The Kier molecular flexibility index (Phi) is 1.63. The van der Waals surface area contributed by atoms with Gasteiger partial charge in [-0.15, -0.1) is 0 Å². The van der Waals surface area contributed by atoms with Gasteiger partial charge in [0.15, 0.2) is 0 Å². The number of hydrogen-bond donors (Lipinski definition) is 3. The summed E-state index contributed by atoms with van der Waals surface area (Å²) in [6, 6.07) is 1.86. The Bertz CT molecular complexity index is 462. The fraction of sp³-hybridized carbons (Fsp3) is 0. The van der Waals surface area contributed by atoms with Gasteiger partial charge in [-0.2, -0.15) is 4.57 Å². The first-order valence-electron chi connectivity index (χ1n) is 2.95. The smallest absolute Gasteiger partial charge is 0.342 e. The number of nitrogen functional groups attached to an aromatic ring is 2. The van der Waals surface area contributed by atoms with E-state index < -0.39 is 11.2 Å². The molecule has 1 aromatic heterocycles. The fourth-order valence-electron chi connectivity index (χ4n) is 0.684. The van der Waals surface area contributed by atoms with Gasteiger partial charge in [0.2, 0.25) is 0 Å². The van der Waals surface area contributed by atoms with Crippen molar-refractivity contribution in [3.8, 4) is 12.5 Å². The number of rotatable bonds is 0. The van der Waals surface area contributed by atoms with Crippen molar-refractivity contribution in [3.63, 3.8) is 0 Å². The molecule has 0 atom stereocenters. The highest BCUT2D eigenvalue weighted by atomic mass is 16.2.